The Morgan fingerprint density at radius 2 is 1.69 bits per heavy atom. The highest BCUT2D eigenvalue weighted by molar-refractivity contribution is 4.98. The fourth-order valence-electron chi connectivity index (χ4n) is 3.05. The molecular weight excluding hydrogens is 198 g/mol. The summed E-state index contributed by atoms with van der Waals surface area (Å²) in [6, 6.07) is 0. The van der Waals surface area contributed by atoms with Gasteiger partial charge in [-0.15, -0.1) is 0 Å². The number of aliphatic hydroxyl groups excluding tert-OH is 1. The zero-order valence-corrected chi connectivity index (χ0v) is 11.5. The minimum absolute atomic E-state index is 0.0803. The summed E-state index contributed by atoms with van der Waals surface area (Å²) in [5.41, 5.74) is 0.0803. The number of hydrogen-bond donors (Lipinski definition) is 1. The van der Waals surface area contributed by atoms with Crippen molar-refractivity contribution in [3.05, 3.63) is 0 Å². The zero-order valence-electron chi connectivity index (χ0n) is 11.5. The first-order valence-corrected chi connectivity index (χ1v) is 6.84. The number of rotatable bonds is 6. The predicted molar refractivity (Wildman–Crippen MR) is 69.6 cm³/mol. The van der Waals surface area contributed by atoms with Crippen LogP contribution in [-0.4, -0.2) is 35.7 Å². The van der Waals surface area contributed by atoms with Crippen LogP contribution in [-0.2, 0) is 0 Å². The first-order valence-electron chi connectivity index (χ1n) is 6.84. The maximum absolute atomic E-state index is 10.4. The molecule has 16 heavy (non-hydrogen) atoms. The van der Waals surface area contributed by atoms with E-state index in [1.807, 2.05) is 0 Å². The summed E-state index contributed by atoms with van der Waals surface area (Å²) in [6.07, 6.45) is 8.12. The number of nitrogens with zero attached hydrogens (tertiary/aromatic N) is 1. The molecule has 2 nitrogen and oxygen atoms in total. The van der Waals surface area contributed by atoms with Crippen molar-refractivity contribution in [2.75, 3.05) is 14.1 Å². The maximum atomic E-state index is 10.4. The first kappa shape index (κ1) is 14.0. The summed E-state index contributed by atoms with van der Waals surface area (Å²) in [7, 11) is 4.24. The van der Waals surface area contributed by atoms with Gasteiger partial charge in [-0.1, -0.05) is 39.5 Å². The van der Waals surface area contributed by atoms with Gasteiger partial charge in [0.25, 0.3) is 0 Å². The second kappa shape index (κ2) is 6.02. The van der Waals surface area contributed by atoms with Gasteiger partial charge in [0.15, 0.2) is 0 Å². The molecule has 0 aromatic rings. The maximum Gasteiger partial charge on any atom is 0.0723 e. The quantitative estimate of drug-likeness (QED) is 0.754. The average Bonchev–Trinajstić information content (AvgIpc) is 2.66. The monoisotopic (exact) mass is 227 g/mol. The van der Waals surface area contributed by atoms with Crippen molar-refractivity contribution < 1.29 is 5.11 Å². The predicted octanol–water partition coefficient (Wildman–Crippen LogP) is 3.05. The van der Waals surface area contributed by atoms with E-state index in [2.05, 4.69) is 32.8 Å². The van der Waals surface area contributed by atoms with Crippen LogP contribution in [0.5, 0.6) is 0 Å². The fraction of sp³-hybridized carbons (Fsp3) is 1.00. The molecule has 96 valence electrons. The second-order valence-corrected chi connectivity index (χ2v) is 6.05. The van der Waals surface area contributed by atoms with Crippen LogP contribution in [0.15, 0.2) is 0 Å². The van der Waals surface area contributed by atoms with Crippen LogP contribution in [0.4, 0.5) is 0 Å². The molecule has 0 bridgehead atoms. The largest absolute Gasteiger partial charge is 0.391 e. The smallest absolute Gasteiger partial charge is 0.0723 e. The van der Waals surface area contributed by atoms with Gasteiger partial charge in [-0.25, -0.2) is 0 Å². The Labute approximate surface area is 101 Å². The molecular formula is C14H29NO. The van der Waals surface area contributed by atoms with Crippen LogP contribution in [0.1, 0.15) is 58.8 Å². The van der Waals surface area contributed by atoms with Gasteiger partial charge in [-0.3, -0.25) is 0 Å². The van der Waals surface area contributed by atoms with Gasteiger partial charge in [0.2, 0.25) is 0 Å². The van der Waals surface area contributed by atoms with E-state index in [0.29, 0.717) is 0 Å². The van der Waals surface area contributed by atoms with Crippen LogP contribution in [0.3, 0.4) is 0 Å². The lowest BCUT2D eigenvalue weighted by Crippen LogP contribution is -2.51. The molecule has 1 N–H and O–H groups in total. The summed E-state index contributed by atoms with van der Waals surface area (Å²) in [5, 5.41) is 10.4. The molecule has 0 aliphatic heterocycles. The molecule has 0 spiro atoms. The highest BCUT2D eigenvalue weighted by atomic mass is 16.3. The number of likely N-dealkylation sites (N-methyl/N-ethyl adjacent to an activating group) is 1. The molecule has 0 radical (unpaired) electrons. The Bertz CT molecular complexity index is 195. The lowest BCUT2D eigenvalue weighted by Gasteiger charge is -2.40. The Morgan fingerprint density at radius 3 is 2.12 bits per heavy atom. The highest BCUT2D eigenvalue weighted by Gasteiger charge is 2.41. The third kappa shape index (κ3) is 3.21. The molecule has 0 amide bonds. The van der Waals surface area contributed by atoms with Crippen molar-refractivity contribution in [2.45, 2.75) is 70.4 Å². The molecule has 1 rings (SSSR count). The summed E-state index contributed by atoms with van der Waals surface area (Å²) < 4.78 is 0. The van der Waals surface area contributed by atoms with Crippen molar-refractivity contribution in [3.8, 4) is 0 Å². The normalized spacial score (nSPS) is 21.9. The first-order chi connectivity index (χ1) is 7.49. The average molecular weight is 227 g/mol. The Morgan fingerprint density at radius 1 is 1.12 bits per heavy atom. The van der Waals surface area contributed by atoms with Crippen LogP contribution in [0, 0.1) is 5.92 Å². The Hall–Kier alpha value is -0.0800. The van der Waals surface area contributed by atoms with Gasteiger partial charge in [0, 0.05) is 5.54 Å². The molecule has 0 aromatic heterocycles. The molecule has 1 aliphatic carbocycles. The molecule has 0 aromatic carbocycles. The van der Waals surface area contributed by atoms with Gasteiger partial charge < -0.3 is 10.0 Å². The SMILES string of the molecule is CC(C)CCCC(O)C1(N(C)C)CCCC1. The highest BCUT2D eigenvalue weighted by Crippen LogP contribution is 2.38. The van der Waals surface area contributed by atoms with E-state index < -0.39 is 0 Å². The van der Waals surface area contributed by atoms with Gasteiger partial charge in [-0.2, -0.15) is 0 Å². The van der Waals surface area contributed by atoms with Crippen molar-refractivity contribution in [1.29, 1.82) is 0 Å². The Kier molecular flexibility index (Phi) is 5.26. The van der Waals surface area contributed by atoms with E-state index >= 15 is 0 Å². The fourth-order valence-corrected chi connectivity index (χ4v) is 3.05. The van der Waals surface area contributed by atoms with Gasteiger partial charge >= 0.3 is 0 Å². The number of hydrogen-bond acceptors (Lipinski definition) is 2. The topological polar surface area (TPSA) is 23.5 Å². The summed E-state index contributed by atoms with van der Waals surface area (Å²) >= 11 is 0. The van der Waals surface area contributed by atoms with Crippen LogP contribution >= 0.6 is 0 Å². The summed E-state index contributed by atoms with van der Waals surface area (Å²) in [5.74, 6) is 0.756. The minimum atomic E-state index is -0.135. The molecule has 0 saturated heterocycles. The van der Waals surface area contributed by atoms with Crippen LogP contribution in [0.25, 0.3) is 0 Å². The van der Waals surface area contributed by atoms with E-state index in [-0.39, 0.29) is 11.6 Å². The lowest BCUT2D eigenvalue weighted by atomic mass is 9.85. The molecule has 1 aliphatic rings. The van der Waals surface area contributed by atoms with E-state index in [0.717, 1.165) is 18.8 Å². The molecule has 1 atom stereocenters. The molecule has 1 saturated carbocycles. The van der Waals surface area contributed by atoms with Crippen molar-refractivity contribution in [2.24, 2.45) is 5.92 Å². The van der Waals surface area contributed by atoms with Gasteiger partial charge in [-0.05, 0) is 39.3 Å². The van der Waals surface area contributed by atoms with Gasteiger partial charge in [0.05, 0.1) is 6.10 Å². The number of aliphatic hydroxyl groups is 1. The van der Waals surface area contributed by atoms with E-state index in [1.54, 1.807) is 0 Å². The van der Waals surface area contributed by atoms with Crippen molar-refractivity contribution >= 4 is 0 Å². The lowest BCUT2D eigenvalue weighted by molar-refractivity contribution is -0.00946. The summed E-state index contributed by atoms with van der Waals surface area (Å²) in [4.78, 5) is 2.26. The minimum Gasteiger partial charge on any atom is -0.391 e. The van der Waals surface area contributed by atoms with Gasteiger partial charge in [0.1, 0.15) is 0 Å². The molecule has 1 unspecified atom stereocenters. The van der Waals surface area contributed by atoms with Crippen molar-refractivity contribution in [3.63, 3.8) is 0 Å². The van der Waals surface area contributed by atoms with E-state index in [1.165, 1.54) is 32.1 Å². The molecule has 2 heteroatoms. The van der Waals surface area contributed by atoms with E-state index in [9.17, 15) is 5.11 Å². The van der Waals surface area contributed by atoms with Crippen LogP contribution in [0.2, 0.25) is 0 Å². The second-order valence-electron chi connectivity index (χ2n) is 6.05. The third-order valence-corrected chi connectivity index (χ3v) is 4.24. The van der Waals surface area contributed by atoms with Crippen molar-refractivity contribution in [1.82, 2.24) is 4.90 Å². The molecule has 1 fully saturated rings. The van der Waals surface area contributed by atoms with E-state index in [4.69, 9.17) is 0 Å². The third-order valence-electron chi connectivity index (χ3n) is 4.24. The standard InChI is InChI=1S/C14H29NO/c1-12(2)8-7-9-13(16)14(15(3)4)10-5-6-11-14/h12-13,16H,5-11H2,1-4H3. The zero-order chi connectivity index (χ0) is 12.2. The Balaban J connectivity index is 2.45. The van der Waals surface area contributed by atoms with Crippen LogP contribution < -0.4 is 0 Å². The summed E-state index contributed by atoms with van der Waals surface area (Å²) in [6.45, 7) is 4.51. The molecule has 0 heterocycles.